The van der Waals surface area contributed by atoms with Crippen LogP contribution in [0, 0.1) is 0 Å². The maximum Gasteiger partial charge on any atom is 0.270 e. The van der Waals surface area contributed by atoms with Crippen LogP contribution in [0.25, 0.3) is 0 Å². The number of amides is 1. The van der Waals surface area contributed by atoms with Crippen molar-refractivity contribution in [2.75, 3.05) is 11.9 Å². The second-order valence-electron chi connectivity index (χ2n) is 4.55. The van der Waals surface area contributed by atoms with Gasteiger partial charge in [-0.25, -0.2) is 9.97 Å². The molecule has 0 aromatic carbocycles. The molecule has 1 amide bonds. The summed E-state index contributed by atoms with van der Waals surface area (Å²) in [5.74, 6) is 0.246. The highest BCUT2D eigenvalue weighted by atomic mass is 16.1. The fourth-order valence-corrected chi connectivity index (χ4v) is 1.71. The Morgan fingerprint density at radius 2 is 2.10 bits per heavy atom. The third-order valence-corrected chi connectivity index (χ3v) is 2.86. The molecule has 6 nitrogen and oxygen atoms in total. The number of nitrogens with one attached hydrogen (secondary N) is 2. The van der Waals surface area contributed by atoms with Crippen molar-refractivity contribution >= 4 is 11.9 Å². The summed E-state index contributed by atoms with van der Waals surface area (Å²) in [5.41, 5.74) is 1.25. The summed E-state index contributed by atoms with van der Waals surface area (Å²) < 4.78 is 0. The van der Waals surface area contributed by atoms with Crippen LogP contribution in [0.2, 0.25) is 0 Å². The van der Waals surface area contributed by atoms with E-state index in [0.717, 1.165) is 18.5 Å². The van der Waals surface area contributed by atoms with Crippen molar-refractivity contribution in [3.05, 3.63) is 48.0 Å². The lowest BCUT2D eigenvalue weighted by molar-refractivity contribution is 0.0948. The Morgan fingerprint density at radius 3 is 2.86 bits per heavy atom. The summed E-state index contributed by atoms with van der Waals surface area (Å²) in [7, 11) is 0. The van der Waals surface area contributed by atoms with Crippen LogP contribution in [0.3, 0.4) is 0 Å². The van der Waals surface area contributed by atoms with Gasteiger partial charge >= 0.3 is 0 Å². The van der Waals surface area contributed by atoms with Crippen LogP contribution in [0.1, 0.15) is 35.9 Å². The summed E-state index contributed by atoms with van der Waals surface area (Å²) in [6, 6.07) is 7.30. The van der Waals surface area contributed by atoms with Gasteiger partial charge in [-0.05, 0) is 24.6 Å². The summed E-state index contributed by atoms with van der Waals surface area (Å²) in [6.07, 6.45) is 5.31. The van der Waals surface area contributed by atoms with Gasteiger partial charge in [-0.2, -0.15) is 0 Å². The van der Waals surface area contributed by atoms with Crippen LogP contribution in [-0.2, 0) is 6.54 Å². The monoisotopic (exact) mass is 285 g/mol. The molecule has 2 rings (SSSR count). The molecule has 0 saturated heterocycles. The molecule has 0 saturated carbocycles. The van der Waals surface area contributed by atoms with Gasteiger partial charge in [0.15, 0.2) is 0 Å². The first-order chi connectivity index (χ1) is 10.3. The van der Waals surface area contributed by atoms with Gasteiger partial charge in [0.05, 0.1) is 12.2 Å². The largest absolute Gasteiger partial charge is 0.351 e. The second-order valence-corrected chi connectivity index (χ2v) is 4.55. The number of hydrogen-bond acceptors (Lipinski definition) is 5. The normalized spacial score (nSPS) is 10.1. The first-order valence-electron chi connectivity index (χ1n) is 7.04. The smallest absolute Gasteiger partial charge is 0.270 e. The van der Waals surface area contributed by atoms with Crippen molar-refractivity contribution in [2.45, 2.75) is 26.3 Å². The van der Waals surface area contributed by atoms with E-state index in [1.807, 2.05) is 18.2 Å². The quantitative estimate of drug-likeness (QED) is 0.761. The van der Waals surface area contributed by atoms with Gasteiger partial charge in [0.1, 0.15) is 5.69 Å². The van der Waals surface area contributed by atoms with Gasteiger partial charge in [-0.1, -0.05) is 19.4 Å². The number of hydrogen-bond donors (Lipinski definition) is 2. The van der Waals surface area contributed by atoms with Crippen LogP contribution in [-0.4, -0.2) is 27.4 Å². The Bertz CT molecular complexity index is 573. The van der Waals surface area contributed by atoms with Crippen LogP contribution in [0.5, 0.6) is 0 Å². The fourth-order valence-electron chi connectivity index (χ4n) is 1.71. The lowest BCUT2D eigenvalue weighted by Crippen LogP contribution is -2.25. The number of carbonyl (C=O) groups excluding carboxylic acids is 1. The Hall–Kier alpha value is -2.50. The first kappa shape index (κ1) is 14.9. The van der Waals surface area contributed by atoms with Crippen LogP contribution in [0.15, 0.2) is 36.7 Å². The predicted octanol–water partition coefficient (Wildman–Crippen LogP) is 2.01. The number of carbonyl (C=O) groups is 1. The molecule has 0 fully saturated rings. The van der Waals surface area contributed by atoms with Crippen LogP contribution < -0.4 is 10.6 Å². The number of anilines is 1. The summed E-state index contributed by atoms with van der Waals surface area (Å²) in [4.78, 5) is 24.4. The average molecular weight is 285 g/mol. The number of unbranched alkanes of at least 4 members (excludes halogenated alkanes) is 1. The molecule has 0 aliphatic heterocycles. The maximum absolute atomic E-state index is 11.9. The molecule has 2 aromatic heterocycles. The Labute approximate surface area is 124 Å². The van der Waals surface area contributed by atoms with Gasteiger partial charge in [-0.15, -0.1) is 0 Å². The predicted molar refractivity (Wildman–Crippen MR) is 80.8 cm³/mol. The van der Waals surface area contributed by atoms with E-state index in [0.29, 0.717) is 24.7 Å². The van der Waals surface area contributed by atoms with Crippen LogP contribution in [0.4, 0.5) is 5.95 Å². The molecule has 6 heteroatoms. The minimum absolute atomic E-state index is 0.174. The minimum Gasteiger partial charge on any atom is -0.351 e. The van der Waals surface area contributed by atoms with E-state index in [1.165, 1.54) is 0 Å². The zero-order valence-corrected chi connectivity index (χ0v) is 12.0. The molecule has 0 unspecified atom stereocenters. The lowest BCUT2D eigenvalue weighted by Gasteiger charge is -2.06. The topological polar surface area (TPSA) is 79.8 Å². The molecule has 0 aliphatic carbocycles. The zero-order valence-electron chi connectivity index (χ0n) is 12.0. The molecule has 110 valence electrons. The second kappa shape index (κ2) is 7.94. The number of nitrogens with zero attached hydrogens (tertiary/aromatic N) is 3. The summed E-state index contributed by atoms with van der Waals surface area (Å²) in [5, 5.41) is 5.89. The third kappa shape index (κ3) is 4.83. The van der Waals surface area contributed by atoms with Crippen molar-refractivity contribution in [3.8, 4) is 0 Å². The van der Waals surface area contributed by atoms with Crippen molar-refractivity contribution in [3.63, 3.8) is 0 Å². The minimum atomic E-state index is -0.174. The fraction of sp³-hybridized carbons (Fsp3) is 0.333. The molecule has 0 atom stereocenters. The van der Waals surface area contributed by atoms with E-state index in [2.05, 4.69) is 32.5 Å². The molecule has 2 aromatic rings. The third-order valence-electron chi connectivity index (χ3n) is 2.86. The van der Waals surface area contributed by atoms with Crippen molar-refractivity contribution in [2.24, 2.45) is 0 Å². The molecular weight excluding hydrogens is 266 g/mol. The molecule has 0 spiro atoms. The van der Waals surface area contributed by atoms with Gasteiger partial charge < -0.3 is 10.6 Å². The van der Waals surface area contributed by atoms with Gasteiger partial charge in [0, 0.05) is 18.9 Å². The molecule has 0 aliphatic rings. The highest BCUT2D eigenvalue weighted by molar-refractivity contribution is 5.92. The highest BCUT2D eigenvalue weighted by Gasteiger charge is 2.07. The molecule has 2 heterocycles. The first-order valence-corrected chi connectivity index (χ1v) is 7.04. The molecule has 2 N–H and O–H groups in total. The van der Waals surface area contributed by atoms with E-state index in [9.17, 15) is 4.79 Å². The van der Waals surface area contributed by atoms with E-state index in [1.54, 1.807) is 18.5 Å². The standard InChI is InChI=1S/C15H19N5O/c1-2-3-8-17-14(21)13-7-10-18-15(20-13)19-11-12-6-4-5-9-16-12/h4-7,9-10H,2-3,8,11H2,1H3,(H,17,21)(H,18,19,20). The van der Waals surface area contributed by atoms with Crippen molar-refractivity contribution in [1.82, 2.24) is 20.3 Å². The van der Waals surface area contributed by atoms with E-state index < -0.39 is 0 Å². The van der Waals surface area contributed by atoms with Crippen molar-refractivity contribution in [1.29, 1.82) is 0 Å². The SMILES string of the molecule is CCCCNC(=O)c1ccnc(NCc2ccccn2)n1. The van der Waals surface area contributed by atoms with E-state index >= 15 is 0 Å². The highest BCUT2D eigenvalue weighted by Crippen LogP contribution is 2.03. The zero-order chi connectivity index (χ0) is 14.9. The summed E-state index contributed by atoms with van der Waals surface area (Å²) >= 11 is 0. The molecule has 0 radical (unpaired) electrons. The number of rotatable bonds is 7. The van der Waals surface area contributed by atoms with E-state index in [4.69, 9.17) is 0 Å². The average Bonchev–Trinajstić information content (AvgIpc) is 2.54. The Morgan fingerprint density at radius 1 is 1.19 bits per heavy atom. The van der Waals surface area contributed by atoms with Crippen molar-refractivity contribution < 1.29 is 4.79 Å². The Kier molecular flexibility index (Phi) is 5.63. The number of pyridine rings is 1. The molecule has 21 heavy (non-hydrogen) atoms. The number of aromatic nitrogens is 3. The maximum atomic E-state index is 11.9. The van der Waals surface area contributed by atoms with Gasteiger partial charge in [0.25, 0.3) is 5.91 Å². The lowest BCUT2D eigenvalue weighted by atomic mass is 10.3. The van der Waals surface area contributed by atoms with E-state index in [-0.39, 0.29) is 5.91 Å². The summed E-state index contributed by atoms with van der Waals surface area (Å²) in [6.45, 7) is 3.26. The van der Waals surface area contributed by atoms with Gasteiger partial charge in [-0.3, -0.25) is 9.78 Å². The molecule has 0 bridgehead atoms. The molecular formula is C15H19N5O. The van der Waals surface area contributed by atoms with Crippen LogP contribution >= 0.6 is 0 Å². The van der Waals surface area contributed by atoms with Gasteiger partial charge in [0.2, 0.25) is 5.95 Å². The Balaban J connectivity index is 1.92.